The zero-order valence-corrected chi connectivity index (χ0v) is 19.5. The molecule has 1 aromatic carbocycles. The number of aryl methyl sites for hydroxylation is 1. The van der Waals surface area contributed by atoms with Crippen LogP contribution < -0.4 is 0 Å². The second kappa shape index (κ2) is 10.1. The highest BCUT2D eigenvalue weighted by Gasteiger charge is 2.32. The van der Waals surface area contributed by atoms with Crippen LogP contribution in [0.3, 0.4) is 0 Å². The molecule has 0 unspecified atom stereocenters. The normalized spacial score (nSPS) is 16.8. The van der Waals surface area contributed by atoms with Crippen molar-refractivity contribution in [3.05, 3.63) is 76.2 Å². The molecule has 166 valence electrons. The smallest absolute Gasteiger partial charge is 0.254 e. The lowest BCUT2D eigenvalue weighted by molar-refractivity contribution is -0.134. The lowest BCUT2D eigenvalue weighted by Crippen LogP contribution is -2.38. The Morgan fingerprint density at radius 3 is 2.62 bits per heavy atom. The van der Waals surface area contributed by atoms with E-state index in [-0.39, 0.29) is 17.7 Å². The van der Waals surface area contributed by atoms with E-state index in [1.54, 1.807) is 17.5 Å². The first kappa shape index (κ1) is 22.2. The molecular weight excluding hydrogens is 418 g/mol. The molecule has 0 N–H and O–H groups in total. The Morgan fingerprint density at radius 2 is 1.97 bits per heavy atom. The molecule has 5 nitrogen and oxygen atoms in total. The van der Waals surface area contributed by atoms with Crippen LogP contribution in [-0.4, -0.2) is 52.8 Å². The Labute approximate surface area is 193 Å². The van der Waals surface area contributed by atoms with Crippen molar-refractivity contribution in [2.75, 3.05) is 26.2 Å². The van der Waals surface area contributed by atoms with Gasteiger partial charge in [0.25, 0.3) is 5.91 Å². The molecular formula is C26H29N3O2S. The minimum Gasteiger partial charge on any atom is -0.341 e. The van der Waals surface area contributed by atoms with Gasteiger partial charge in [-0.05, 0) is 48.6 Å². The SMILES string of the molecule is CCCN1CCN(C(=O)c2csc(C)c2)C[C@H](Cc2ccc(-c3cccnc3)cc2)C1=O. The molecule has 6 heteroatoms. The van der Waals surface area contributed by atoms with E-state index in [1.165, 1.54) is 0 Å². The number of amides is 2. The lowest BCUT2D eigenvalue weighted by Gasteiger charge is -2.24. The quantitative estimate of drug-likeness (QED) is 0.552. The molecule has 2 amide bonds. The Kier molecular flexibility index (Phi) is 7.00. The Morgan fingerprint density at radius 1 is 1.16 bits per heavy atom. The topological polar surface area (TPSA) is 53.5 Å². The summed E-state index contributed by atoms with van der Waals surface area (Å²) < 4.78 is 0. The third kappa shape index (κ3) is 5.07. The van der Waals surface area contributed by atoms with Crippen LogP contribution in [0.15, 0.2) is 60.2 Å². The number of hydrogen-bond donors (Lipinski definition) is 0. The third-order valence-electron chi connectivity index (χ3n) is 5.93. The molecule has 3 heterocycles. The van der Waals surface area contributed by atoms with Gasteiger partial charge in [-0.25, -0.2) is 0 Å². The highest BCUT2D eigenvalue weighted by atomic mass is 32.1. The molecule has 1 fully saturated rings. The highest BCUT2D eigenvalue weighted by Crippen LogP contribution is 2.23. The summed E-state index contributed by atoms with van der Waals surface area (Å²) in [5.74, 6) is -0.0608. The second-order valence-corrected chi connectivity index (χ2v) is 9.48. The number of pyridine rings is 1. The van der Waals surface area contributed by atoms with Crippen LogP contribution in [0.25, 0.3) is 11.1 Å². The zero-order valence-electron chi connectivity index (χ0n) is 18.7. The fourth-order valence-corrected chi connectivity index (χ4v) is 4.94. The van der Waals surface area contributed by atoms with Gasteiger partial charge in [0.05, 0.1) is 11.5 Å². The Bertz CT molecular complexity index is 1060. The number of aromatic nitrogens is 1. The van der Waals surface area contributed by atoms with Gasteiger partial charge in [-0.1, -0.05) is 37.3 Å². The Balaban J connectivity index is 1.53. The van der Waals surface area contributed by atoms with Gasteiger partial charge in [-0.3, -0.25) is 14.6 Å². The molecule has 1 aliphatic heterocycles. The number of thiophene rings is 1. The van der Waals surface area contributed by atoms with Gasteiger partial charge in [0, 0.05) is 48.8 Å². The second-order valence-electron chi connectivity index (χ2n) is 8.36. The lowest BCUT2D eigenvalue weighted by atomic mass is 9.95. The number of carbonyl (C=O) groups is 2. The van der Waals surface area contributed by atoms with E-state index in [2.05, 4.69) is 36.2 Å². The van der Waals surface area contributed by atoms with E-state index in [0.717, 1.165) is 40.1 Å². The summed E-state index contributed by atoms with van der Waals surface area (Å²) in [5.41, 5.74) is 4.00. The monoisotopic (exact) mass is 447 g/mol. The molecule has 0 spiro atoms. The van der Waals surface area contributed by atoms with Gasteiger partial charge in [-0.15, -0.1) is 11.3 Å². The molecule has 0 aliphatic carbocycles. The molecule has 2 aromatic heterocycles. The summed E-state index contributed by atoms with van der Waals surface area (Å²) in [6.07, 6.45) is 5.15. The molecule has 32 heavy (non-hydrogen) atoms. The summed E-state index contributed by atoms with van der Waals surface area (Å²) >= 11 is 1.58. The molecule has 0 bridgehead atoms. The summed E-state index contributed by atoms with van der Waals surface area (Å²) in [7, 11) is 0. The van der Waals surface area contributed by atoms with E-state index < -0.39 is 0 Å². The maximum Gasteiger partial charge on any atom is 0.254 e. The maximum atomic E-state index is 13.3. The van der Waals surface area contributed by atoms with E-state index in [1.807, 2.05) is 46.5 Å². The summed E-state index contributed by atoms with van der Waals surface area (Å²) in [5, 5.41) is 1.92. The predicted octanol–water partition coefficient (Wildman–Crippen LogP) is 4.67. The van der Waals surface area contributed by atoms with Crippen molar-refractivity contribution in [2.45, 2.75) is 26.7 Å². The number of hydrogen-bond acceptors (Lipinski definition) is 4. The minimum atomic E-state index is -0.239. The first-order valence-corrected chi connectivity index (χ1v) is 12.1. The number of benzene rings is 1. The van der Waals surface area contributed by atoms with Crippen molar-refractivity contribution >= 4 is 23.2 Å². The summed E-state index contributed by atoms with van der Waals surface area (Å²) in [6.45, 7) is 6.45. The van der Waals surface area contributed by atoms with Gasteiger partial charge in [0.15, 0.2) is 0 Å². The first-order chi connectivity index (χ1) is 15.5. The molecule has 0 saturated carbocycles. The summed E-state index contributed by atoms with van der Waals surface area (Å²) in [6, 6.07) is 14.2. The van der Waals surface area contributed by atoms with Crippen LogP contribution in [0.4, 0.5) is 0 Å². The van der Waals surface area contributed by atoms with Gasteiger partial charge in [0.1, 0.15) is 0 Å². The number of carbonyl (C=O) groups excluding carboxylic acids is 2. The first-order valence-electron chi connectivity index (χ1n) is 11.2. The van der Waals surface area contributed by atoms with Crippen LogP contribution in [0.1, 0.15) is 34.1 Å². The van der Waals surface area contributed by atoms with Crippen molar-refractivity contribution in [1.82, 2.24) is 14.8 Å². The predicted molar refractivity (Wildman–Crippen MR) is 129 cm³/mol. The molecule has 1 atom stereocenters. The molecule has 0 radical (unpaired) electrons. The van der Waals surface area contributed by atoms with Crippen molar-refractivity contribution in [3.63, 3.8) is 0 Å². The Hall–Kier alpha value is -2.99. The number of rotatable bonds is 6. The van der Waals surface area contributed by atoms with Crippen LogP contribution in [0, 0.1) is 12.8 Å². The van der Waals surface area contributed by atoms with Crippen LogP contribution in [-0.2, 0) is 11.2 Å². The van der Waals surface area contributed by atoms with Crippen molar-refractivity contribution in [3.8, 4) is 11.1 Å². The van der Waals surface area contributed by atoms with E-state index in [4.69, 9.17) is 0 Å². The average Bonchev–Trinajstić information content (AvgIpc) is 3.20. The van der Waals surface area contributed by atoms with Crippen LogP contribution >= 0.6 is 11.3 Å². The average molecular weight is 448 g/mol. The van der Waals surface area contributed by atoms with E-state index >= 15 is 0 Å². The minimum absolute atomic E-state index is 0.0254. The third-order valence-corrected chi connectivity index (χ3v) is 6.79. The van der Waals surface area contributed by atoms with E-state index in [0.29, 0.717) is 26.1 Å². The number of nitrogens with zero attached hydrogens (tertiary/aromatic N) is 3. The summed E-state index contributed by atoms with van der Waals surface area (Å²) in [4.78, 5) is 35.6. The highest BCUT2D eigenvalue weighted by molar-refractivity contribution is 7.10. The van der Waals surface area contributed by atoms with Gasteiger partial charge >= 0.3 is 0 Å². The van der Waals surface area contributed by atoms with Gasteiger partial charge in [0.2, 0.25) is 5.91 Å². The zero-order chi connectivity index (χ0) is 22.5. The van der Waals surface area contributed by atoms with Crippen molar-refractivity contribution in [2.24, 2.45) is 5.92 Å². The van der Waals surface area contributed by atoms with Crippen molar-refractivity contribution < 1.29 is 9.59 Å². The van der Waals surface area contributed by atoms with Gasteiger partial charge < -0.3 is 9.80 Å². The van der Waals surface area contributed by atoms with Gasteiger partial charge in [-0.2, -0.15) is 0 Å². The maximum absolute atomic E-state index is 13.3. The molecule has 1 aliphatic rings. The standard InChI is InChI=1S/C26H29N3O2S/c1-3-11-28-12-13-29(26(31)24-14-19(2)32-18-24)17-23(25(28)30)15-20-6-8-21(9-7-20)22-5-4-10-27-16-22/h4-10,14,16,18,23H,3,11-13,15,17H2,1-2H3/t23-/m0/s1. The van der Waals surface area contributed by atoms with Crippen molar-refractivity contribution in [1.29, 1.82) is 0 Å². The largest absolute Gasteiger partial charge is 0.341 e. The fraction of sp³-hybridized carbons (Fsp3) is 0.346. The molecule has 3 aromatic rings. The van der Waals surface area contributed by atoms with Crippen LogP contribution in [0.5, 0.6) is 0 Å². The van der Waals surface area contributed by atoms with Crippen LogP contribution in [0.2, 0.25) is 0 Å². The molecule has 4 rings (SSSR count). The van der Waals surface area contributed by atoms with E-state index in [9.17, 15) is 9.59 Å². The molecule has 1 saturated heterocycles. The fourth-order valence-electron chi connectivity index (χ4n) is 4.26.